The molecule has 0 saturated carbocycles. The van der Waals surface area contributed by atoms with Gasteiger partial charge in [0.05, 0.1) is 24.2 Å². The van der Waals surface area contributed by atoms with Crippen molar-refractivity contribution in [3.05, 3.63) is 45.1 Å². The summed E-state index contributed by atoms with van der Waals surface area (Å²) in [4.78, 5) is 13.5. The van der Waals surface area contributed by atoms with Crippen LogP contribution in [0.4, 0.5) is 0 Å². The first kappa shape index (κ1) is 23.4. The molecule has 3 aromatic rings. The van der Waals surface area contributed by atoms with Crippen molar-refractivity contribution >= 4 is 21.9 Å². The van der Waals surface area contributed by atoms with Crippen molar-refractivity contribution in [3.8, 4) is 23.0 Å². The molecule has 32 heavy (non-hydrogen) atoms. The molecule has 1 heterocycles. The second-order valence-corrected chi connectivity index (χ2v) is 8.67. The maximum Gasteiger partial charge on any atom is 0.204 e. The van der Waals surface area contributed by atoms with Crippen molar-refractivity contribution in [3.63, 3.8) is 0 Å². The molecule has 0 spiro atoms. The molecule has 0 fully saturated rings. The molecule has 2 aromatic carbocycles. The van der Waals surface area contributed by atoms with Gasteiger partial charge in [-0.3, -0.25) is 4.79 Å². The molecule has 0 saturated heterocycles. The number of fused-ring (bicyclic) bond motifs is 2. The van der Waals surface area contributed by atoms with Crippen LogP contribution in [0.15, 0.2) is 33.0 Å². The van der Waals surface area contributed by atoms with Crippen molar-refractivity contribution in [2.75, 3.05) is 7.11 Å². The number of aliphatic hydroxyl groups is 2. The Morgan fingerprint density at radius 3 is 2.25 bits per heavy atom. The molecular weight excluding hydrogens is 416 g/mol. The molecule has 172 valence electrons. The Labute approximate surface area is 184 Å². The van der Waals surface area contributed by atoms with Gasteiger partial charge in [0, 0.05) is 29.7 Å². The van der Waals surface area contributed by atoms with Gasteiger partial charge in [0.1, 0.15) is 28.1 Å². The lowest BCUT2D eigenvalue weighted by atomic mass is 9.93. The minimum Gasteiger partial charge on any atom is -0.507 e. The van der Waals surface area contributed by atoms with Crippen LogP contribution in [-0.2, 0) is 12.8 Å². The zero-order chi connectivity index (χ0) is 24.0. The molecule has 8 heteroatoms. The van der Waals surface area contributed by atoms with Crippen LogP contribution < -0.4 is 10.2 Å². The van der Waals surface area contributed by atoms with E-state index >= 15 is 0 Å². The molecule has 1 atom stereocenters. The number of ether oxygens (including phenoxy) is 1. The highest BCUT2D eigenvalue weighted by molar-refractivity contribution is 5.97. The second kappa shape index (κ2) is 8.37. The van der Waals surface area contributed by atoms with Gasteiger partial charge in [0.2, 0.25) is 5.43 Å². The summed E-state index contributed by atoms with van der Waals surface area (Å²) in [5.41, 5.74) is -0.791. The molecule has 0 aliphatic heterocycles. The molecule has 5 N–H and O–H groups in total. The fraction of sp³-hybridized carbons (Fsp3) is 0.375. The third kappa shape index (κ3) is 4.11. The lowest BCUT2D eigenvalue weighted by molar-refractivity contribution is -0.0472. The normalized spacial score (nSPS) is 12.8. The van der Waals surface area contributed by atoms with E-state index in [1.54, 1.807) is 0 Å². The van der Waals surface area contributed by atoms with Gasteiger partial charge in [0.25, 0.3) is 0 Å². The minimum absolute atomic E-state index is 0.0704. The number of aromatic hydroxyl groups is 3. The summed E-state index contributed by atoms with van der Waals surface area (Å²) in [6, 6.07) is 2.42. The van der Waals surface area contributed by atoms with E-state index in [1.165, 1.54) is 33.1 Å². The molecule has 0 bridgehead atoms. The molecular formula is C24H28O8. The van der Waals surface area contributed by atoms with Crippen LogP contribution in [0.3, 0.4) is 0 Å². The van der Waals surface area contributed by atoms with Gasteiger partial charge in [-0.05, 0) is 34.1 Å². The standard InChI is InChI=1S/C24H28O8/c1-11(2)6-7-12-19-16(10-15(26)23(12)31-5)32-17-9-14(25)13(8-18(27)24(3,4)30)21(28)20(17)22(19)29/h6,9-10,18,25-28,30H,7-8H2,1-5H3. The highest BCUT2D eigenvalue weighted by Gasteiger charge is 2.29. The van der Waals surface area contributed by atoms with E-state index in [1.807, 2.05) is 19.9 Å². The number of allylic oxidation sites excluding steroid dienone is 2. The van der Waals surface area contributed by atoms with E-state index < -0.39 is 28.6 Å². The summed E-state index contributed by atoms with van der Waals surface area (Å²) < 4.78 is 11.1. The van der Waals surface area contributed by atoms with Crippen LogP contribution >= 0.6 is 0 Å². The van der Waals surface area contributed by atoms with Crippen LogP contribution in [0.5, 0.6) is 23.0 Å². The van der Waals surface area contributed by atoms with Gasteiger partial charge in [-0.2, -0.15) is 0 Å². The first-order valence-corrected chi connectivity index (χ1v) is 10.1. The Bertz CT molecular complexity index is 1270. The Morgan fingerprint density at radius 2 is 1.69 bits per heavy atom. The van der Waals surface area contributed by atoms with E-state index in [-0.39, 0.29) is 51.8 Å². The lowest BCUT2D eigenvalue weighted by Gasteiger charge is -2.25. The summed E-state index contributed by atoms with van der Waals surface area (Å²) in [6.45, 7) is 6.57. The maximum atomic E-state index is 13.5. The minimum atomic E-state index is -1.50. The fourth-order valence-corrected chi connectivity index (χ4v) is 3.60. The van der Waals surface area contributed by atoms with E-state index in [0.717, 1.165) is 5.57 Å². The first-order chi connectivity index (χ1) is 14.9. The summed E-state index contributed by atoms with van der Waals surface area (Å²) in [7, 11) is 1.38. The number of phenolic OH excluding ortho intramolecular Hbond substituents is 3. The molecule has 1 aromatic heterocycles. The van der Waals surface area contributed by atoms with Crippen LogP contribution in [-0.4, -0.2) is 44.3 Å². The third-order valence-corrected chi connectivity index (χ3v) is 5.47. The van der Waals surface area contributed by atoms with Gasteiger partial charge < -0.3 is 34.7 Å². The van der Waals surface area contributed by atoms with Crippen molar-refractivity contribution in [1.29, 1.82) is 0 Å². The molecule has 3 rings (SSSR count). The second-order valence-electron chi connectivity index (χ2n) is 8.67. The van der Waals surface area contributed by atoms with Crippen molar-refractivity contribution in [2.45, 2.75) is 52.2 Å². The van der Waals surface area contributed by atoms with Crippen molar-refractivity contribution in [1.82, 2.24) is 0 Å². The molecule has 1 unspecified atom stereocenters. The Hall–Kier alpha value is -3.23. The average molecular weight is 444 g/mol. The van der Waals surface area contributed by atoms with Gasteiger partial charge in [-0.15, -0.1) is 0 Å². The third-order valence-electron chi connectivity index (χ3n) is 5.47. The van der Waals surface area contributed by atoms with Gasteiger partial charge >= 0.3 is 0 Å². The highest BCUT2D eigenvalue weighted by Crippen LogP contribution is 2.41. The number of methoxy groups -OCH3 is 1. The molecule has 0 radical (unpaired) electrons. The largest absolute Gasteiger partial charge is 0.507 e. The SMILES string of the molecule is COc1c(O)cc2oc3cc(O)c(CC(O)C(C)(C)O)c(O)c3c(=O)c2c1CC=C(C)C. The number of phenols is 3. The predicted octanol–water partition coefficient (Wildman–Crippen LogP) is 3.25. The van der Waals surface area contributed by atoms with Crippen LogP contribution in [0.25, 0.3) is 21.9 Å². The van der Waals surface area contributed by atoms with E-state index in [9.17, 15) is 30.3 Å². The highest BCUT2D eigenvalue weighted by atomic mass is 16.5. The molecule has 0 aliphatic carbocycles. The number of rotatable bonds is 6. The van der Waals surface area contributed by atoms with Gasteiger partial charge in [-0.1, -0.05) is 11.6 Å². The van der Waals surface area contributed by atoms with E-state index in [4.69, 9.17) is 9.15 Å². The fourth-order valence-electron chi connectivity index (χ4n) is 3.60. The summed E-state index contributed by atoms with van der Waals surface area (Å²) in [5.74, 6) is -1.03. The number of benzene rings is 2. The summed E-state index contributed by atoms with van der Waals surface area (Å²) in [5, 5.41) is 51.9. The van der Waals surface area contributed by atoms with Crippen molar-refractivity contribution < 1.29 is 34.7 Å². The topological polar surface area (TPSA) is 141 Å². The van der Waals surface area contributed by atoms with Crippen molar-refractivity contribution in [2.24, 2.45) is 0 Å². The zero-order valence-corrected chi connectivity index (χ0v) is 18.7. The average Bonchev–Trinajstić information content (AvgIpc) is 2.67. The Balaban J connectivity index is 2.40. The Morgan fingerprint density at radius 1 is 1.09 bits per heavy atom. The van der Waals surface area contributed by atoms with Gasteiger partial charge in [0.15, 0.2) is 11.5 Å². The molecule has 0 aliphatic rings. The van der Waals surface area contributed by atoms with Gasteiger partial charge in [-0.25, -0.2) is 0 Å². The lowest BCUT2D eigenvalue weighted by Crippen LogP contribution is -2.37. The van der Waals surface area contributed by atoms with E-state index in [2.05, 4.69) is 0 Å². The number of hydrogen-bond donors (Lipinski definition) is 5. The van der Waals surface area contributed by atoms with Crippen LogP contribution in [0, 0.1) is 0 Å². The number of aliphatic hydroxyl groups excluding tert-OH is 1. The van der Waals surface area contributed by atoms with E-state index in [0.29, 0.717) is 5.56 Å². The van der Waals surface area contributed by atoms with Crippen LogP contribution in [0.2, 0.25) is 0 Å². The maximum absolute atomic E-state index is 13.5. The smallest absolute Gasteiger partial charge is 0.204 e. The molecule has 0 amide bonds. The summed E-state index contributed by atoms with van der Waals surface area (Å²) in [6.07, 6.45) is 0.533. The van der Waals surface area contributed by atoms with Crippen LogP contribution in [0.1, 0.15) is 38.8 Å². The predicted molar refractivity (Wildman–Crippen MR) is 121 cm³/mol. The Kier molecular flexibility index (Phi) is 6.13. The zero-order valence-electron chi connectivity index (χ0n) is 18.7. The quantitative estimate of drug-likeness (QED) is 0.288. The first-order valence-electron chi connectivity index (χ1n) is 10.1. The molecule has 8 nitrogen and oxygen atoms in total. The monoisotopic (exact) mass is 444 g/mol. The summed E-state index contributed by atoms with van der Waals surface area (Å²) >= 11 is 0. The number of hydrogen-bond acceptors (Lipinski definition) is 8.